The van der Waals surface area contributed by atoms with Crippen molar-refractivity contribution in [3.05, 3.63) is 29.8 Å². The molecule has 6 heteroatoms. The van der Waals surface area contributed by atoms with Gasteiger partial charge in [0.05, 0.1) is 33.0 Å². The number of nitrogens with zero attached hydrogens (tertiary/aromatic N) is 1. The van der Waals surface area contributed by atoms with Gasteiger partial charge in [0.1, 0.15) is 5.75 Å². The van der Waals surface area contributed by atoms with E-state index in [1.807, 2.05) is 24.3 Å². The van der Waals surface area contributed by atoms with Gasteiger partial charge in [0.25, 0.3) is 0 Å². The lowest BCUT2D eigenvalue weighted by molar-refractivity contribution is -0.126. The molecule has 25 heavy (non-hydrogen) atoms. The Kier molecular flexibility index (Phi) is 6.29. The first-order chi connectivity index (χ1) is 12.2. The van der Waals surface area contributed by atoms with Crippen molar-refractivity contribution in [3.8, 4) is 5.75 Å². The van der Waals surface area contributed by atoms with E-state index in [1.54, 1.807) is 7.11 Å². The fourth-order valence-electron chi connectivity index (χ4n) is 3.89. The van der Waals surface area contributed by atoms with Gasteiger partial charge in [-0.05, 0) is 30.5 Å². The smallest absolute Gasteiger partial charge is 0.234 e. The van der Waals surface area contributed by atoms with Crippen molar-refractivity contribution < 1.29 is 19.4 Å². The van der Waals surface area contributed by atoms with Crippen molar-refractivity contribution >= 4 is 5.91 Å². The highest BCUT2D eigenvalue weighted by molar-refractivity contribution is 5.78. The number of carbonyl (C=O) groups excluding carboxylic acids is 1. The van der Waals surface area contributed by atoms with Crippen molar-refractivity contribution in [2.75, 3.05) is 33.4 Å². The summed E-state index contributed by atoms with van der Waals surface area (Å²) < 4.78 is 10.8. The molecule has 1 heterocycles. The molecule has 1 aliphatic carbocycles. The van der Waals surface area contributed by atoms with Gasteiger partial charge in [0.15, 0.2) is 0 Å². The van der Waals surface area contributed by atoms with Crippen LogP contribution in [0.3, 0.4) is 0 Å². The molecule has 138 valence electrons. The molecular formula is C19H28N2O4. The molecule has 1 aliphatic heterocycles. The van der Waals surface area contributed by atoms with Crippen LogP contribution in [0, 0.1) is 5.92 Å². The van der Waals surface area contributed by atoms with E-state index in [0.29, 0.717) is 26.3 Å². The van der Waals surface area contributed by atoms with Crippen LogP contribution in [0.25, 0.3) is 0 Å². The van der Waals surface area contributed by atoms with E-state index in [-0.39, 0.29) is 24.0 Å². The fraction of sp³-hybridized carbons (Fsp3) is 0.632. The molecule has 1 saturated heterocycles. The van der Waals surface area contributed by atoms with Gasteiger partial charge in [-0.1, -0.05) is 18.6 Å². The van der Waals surface area contributed by atoms with E-state index in [2.05, 4.69) is 10.2 Å². The minimum absolute atomic E-state index is 0.00204. The first-order valence-electron chi connectivity index (χ1n) is 9.07. The van der Waals surface area contributed by atoms with Gasteiger partial charge in [-0.15, -0.1) is 0 Å². The van der Waals surface area contributed by atoms with Gasteiger partial charge in [-0.3, -0.25) is 9.69 Å². The minimum atomic E-state index is -0.269. The predicted molar refractivity (Wildman–Crippen MR) is 94.4 cm³/mol. The standard InChI is InChI=1S/C19H28N2O4/c1-24-15-5-2-4-14(10-15)11-20-19(23)12-21-8-9-25-13-17(21)16-6-3-7-18(16)22/h2,4-5,10,16-18,22H,3,6-9,11-13H2,1H3,(H,20,23)/t16-,17-,18+/m1/s1. The van der Waals surface area contributed by atoms with Crippen molar-refractivity contribution in [3.63, 3.8) is 0 Å². The summed E-state index contributed by atoms with van der Waals surface area (Å²) in [5.41, 5.74) is 1.01. The highest BCUT2D eigenvalue weighted by Gasteiger charge is 2.38. The summed E-state index contributed by atoms with van der Waals surface area (Å²) in [7, 11) is 1.63. The number of methoxy groups -OCH3 is 1. The second kappa shape index (κ2) is 8.65. The van der Waals surface area contributed by atoms with Gasteiger partial charge in [-0.25, -0.2) is 0 Å². The van der Waals surface area contributed by atoms with Crippen molar-refractivity contribution in [2.24, 2.45) is 5.92 Å². The topological polar surface area (TPSA) is 71.0 Å². The molecule has 1 amide bonds. The van der Waals surface area contributed by atoms with Crippen LogP contribution in [-0.2, 0) is 16.1 Å². The third kappa shape index (κ3) is 4.71. The van der Waals surface area contributed by atoms with Crippen LogP contribution in [-0.4, -0.2) is 61.5 Å². The highest BCUT2D eigenvalue weighted by Crippen LogP contribution is 2.32. The number of hydrogen-bond acceptors (Lipinski definition) is 5. The van der Waals surface area contributed by atoms with E-state index in [1.165, 1.54) is 0 Å². The maximum Gasteiger partial charge on any atom is 0.234 e. The summed E-state index contributed by atoms with van der Waals surface area (Å²) in [6.07, 6.45) is 2.65. The van der Waals surface area contributed by atoms with Crippen molar-refractivity contribution in [2.45, 2.75) is 38.0 Å². The molecule has 2 N–H and O–H groups in total. The summed E-state index contributed by atoms with van der Waals surface area (Å²) in [6, 6.07) is 7.83. The molecule has 0 unspecified atom stereocenters. The Morgan fingerprint density at radius 1 is 1.44 bits per heavy atom. The summed E-state index contributed by atoms with van der Waals surface area (Å²) in [5.74, 6) is 1.00. The number of hydrogen-bond donors (Lipinski definition) is 2. The molecule has 3 atom stereocenters. The van der Waals surface area contributed by atoms with Crippen LogP contribution in [0.4, 0.5) is 0 Å². The Bertz CT molecular complexity index is 580. The molecule has 6 nitrogen and oxygen atoms in total. The molecule has 0 radical (unpaired) electrons. The minimum Gasteiger partial charge on any atom is -0.497 e. The lowest BCUT2D eigenvalue weighted by Crippen LogP contribution is -2.53. The third-order valence-corrected chi connectivity index (χ3v) is 5.28. The Balaban J connectivity index is 1.53. The molecule has 2 aliphatic rings. The SMILES string of the molecule is COc1cccc(CNC(=O)CN2CCOC[C@@H]2[C@H]2CCC[C@@H]2O)c1. The number of rotatable bonds is 6. The Labute approximate surface area is 149 Å². The van der Waals surface area contributed by atoms with Gasteiger partial charge in [0, 0.05) is 25.0 Å². The summed E-state index contributed by atoms with van der Waals surface area (Å²) in [4.78, 5) is 14.6. The number of morpholine rings is 1. The van der Waals surface area contributed by atoms with E-state index < -0.39 is 0 Å². The third-order valence-electron chi connectivity index (χ3n) is 5.28. The quantitative estimate of drug-likeness (QED) is 0.808. The average molecular weight is 348 g/mol. The Morgan fingerprint density at radius 2 is 2.32 bits per heavy atom. The molecule has 0 aromatic heterocycles. The lowest BCUT2D eigenvalue weighted by atomic mass is 9.94. The lowest BCUT2D eigenvalue weighted by Gasteiger charge is -2.39. The van der Waals surface area contributed by atoms with Gasteiger partial charge in [-0.2, -0.15) is 0 Å². The fourth-order valence-corrected chi connectivity index (χ4v) is 3.89. The molecule has 0 spiro atoms. The number of ether oxygens (including phenoxy) is 2. The second-order valence-electron chi connectivity index (χ2n) is 6.90. The molecule has 0 bridgehead atoms. The van der Waals surface area contributed by atoms with E-state index in [0.717, 1.165) is 37.1 Å². The summed E-state index contributed by atoms with van der Waals surface area (Å²) >= 11 is 0. The largest absolute Gasteiger partial charge is 0.497 e. The van der Waals surface area contributed by atoms with Crippen molar-refractivity contribution in [1.29, 1.82) is 0 Å². The van der Waals surface area contributed by atoms with Crippen LogP contribution in [0.2, 0.25) is 0 Å². The Hall–Kier alpha value is -1.63. The highest BCUT2D eigenvalue weighted by atomic mass is 16.5. The van der Waals surface area contributed by atoms with Crippen LogP contribution in [0.15, 0.2) is 24.3 Å². The number of amides is 1. The number of aliphatic hydroxyl groups is 1. The average Bonchev–Trinajstić information content (AvgIpc) is 3.06. The van der Waals surface area contributed by atoms with Crippen LogP contribution in [0.1, 0.15) is 24.8 Å². The van der Waals surface area contributed by atoms with Crippen LogP contribution >= 0.6 is 0 Å². The maximum absolute atomic E-state index is 12.4. The monoisotopic (exact) mass is 348 g/mol. The van der Waals surface area contributed by atoms with Gasteiger partial charge < -0.3 is 19.9 Å². The molecule has 1 saturated carbocycles. The zero-order chi connectivity index (χ0) is 17.6. The zero-order valence-corrected chi connectivity index (χ0v) is 14.8. The molecule has 1 aromatic rings. The summed E-state index contributed by atoms with van der Waals surface area (Å²) in [5, 5.41) is 13.2. The van der Waals surface area contributed by atoms with Crippen LogP contribution in [0.5, 0.6) is 5.75 Å². The Morgan fingerprint density at radius 3 is 3.08 bits per heavy atom. The number of nitrogens with one attached hydrogen (secondary N) is 1. The zero-order valence-electron chi connectivity index (χ0n) is 14.8. The number of aliphatic hydroxyl groups excluding tert-OH is 1. The molecule has 2 fully saturated rings. The van der Waals surface area contributed by atoms with Gasteiger partial charge >= 0.3 is 0 Å². The van der Waals surface area contributed by atoms with Gasteiger partial charge in [0.2, 0.25) is 5.91 Å². The molecule has 1 aromatic carbocycles. The second-order valence-corrected chi connectivity index (χ2v) is 6.90. The maximum atomic E-state index is 12.4. The predicted octanol–water partition coefficient (Wildman–Crippen LogP) is 1.17. The molecule has 3 rings (SSSR count). The van der Waals surface area contributed by atoms with Crippen molar-refractivity contribution in [1.82, 2.24) is 10.2 Å². The number of carbonyl (C=O) groups is 1. The number of benzene rings is 1. The van der Waals surface area contributed by atoms with E-state index in [9.17, 15) is 9.90 Å². The molecular weight excluding hydrogens is 320 g/mol. The van der Waals surface area contributed by atoms with E-state index in [4.69, 9.17) is 9.47 Å². The van der Waals surface area contributed by atoms with Crippen LogP contribution < -0.4 is 10.1 Å². The normalized spacial score (nSPS) is 27.2. The van der Waals surface area contributed by atoms with E-state index >= 15 is 0 Å². The first-order valence-corrected chi connectivity index (χ1v) is 9.07. The summed E-state index contributed by atoms with van der Waals surface area (Å²) in [6.45, 7) is 2.81. The first kappa shape index (κ1) is 18.2.